The van der Waals surface area contributed by atoms with Gasteiger partial charge in [0, 0.05) is 13.1 Å². The van der Waals surface area contributed by atoms with Crippen LogP contribution in [-0.2, 0) is 14.3 Å². The van der Waals surface area contributed by atoms with E-state index in [9.17, 15) is 14.4 Å². The minimum absolute atomic E-state index is 0.247. The van der Waals surface area contributed by atoms with Gasteiger partial charge in [0.25, 0.3) is 11.1 Å². The molecule has 3 aliphatic rings. The maximum Gasteiger partial charge on any atom is 0.294 e. The third-order valence-electron chi connectivity index (χ3n) is 4.39. The van der Waals surface area contributed by atoms with Gasteiger partial charge in [-0.05, 0) is 35.5 Å². The number of ether oxygens (including phenoxy) is 3. The van der Waals surface area contributed by atoms with Crippen LogP contribution in [0, 0.1) is 0 Å². The summed E-state index contributed by atoms with van der Waals surface area (Å²) >= 11 is 0.834. The minimum Gasteiger partial charge on any atom is -0.486 e. The second-order valence-electron chi connectivity index (χ2n) is 6.16. The topological polar surface area (TPSA) is 85.4 Å². The molecule has 3 aliphatic heterocycles. The van der Waals surface area contributed by atoms with Crippen LogP contribution >= 0.6 is 11.8 Å². The van der Waals surface area contributed by atoms with E-state index in [1.54, 1.807) is 29.2 Å². The molecule has 4 rings (SSSR count). The predicted octanol–water partition coefficient (Wildman–Crippen LogP) is 1.35. The van der Waals surface area contributed by atoms with Gasteiger partial charge < -0.3 is 19.1 Å². The smallest absolute Gasteiger partial charge is 0.294 e. The maximum absolute atomic E-state index is 12.6. The SMILES string of the molecule is O=C(CN1C(=O)S/C(=C/c2ccc3c(c2)OCCO3)C1=O)N1CCOCC1. The average Bonchev–Trinajstić information content (AvgIpc) is 2.96. The summed E-state index contributed by atoms with van der Waals surface area (Å²) in [6.07, 6.45) is 1.63. The van der Waals surface area contributed by atoms with Gasteiger partial charge in [-0.15, -0.1) is 0 Å². The standard InChI is InChI=1S/C18H18N2O6S/c21-16(19-3-5-24-6-4-19)11-20-17(22)15(27-18(20)23)10-12-1-2-13-14(9-12)26-8-7-25-13/h1-2,9-10H,3-8,11H2/b15-10+. The third-order valence-corrected chi connectivity index (χ3v) is 5.30. The van der Waals surface area contributed by atoms with E-state index in [1.807, 2.05) is 0 Å². The first-order chi connectivity index (χ1) is 13.1. The predicted molar refractivity (Wildman–Crippen MR) is 97.5 cm³/mol. The van der Waals surface area contributed by atoms with Crippen LogP contribution in [0.15, 0.2) is 23.1 Å². The summed E-state index contributed by atoms with van der Waals surface area (Å²) in [6.45, 7) is 2.61. The first kappa shape index (κ1) is 17.9. The van der Waals surface area contributed by atoms with Crippen molar-refractivity contribution in [2.24, 2.45) is 0 Å². The lowest BCUT2D eigenvalue weighted by atomic mass is 10.1. The molecule has 0 saturated carbocycles. The number of amides is 3. The molecular weight excluding hydrogens is 372 g/mol. The van der Waals surface area contributed by atoms with Gasteiger partial charge in [-0.3, -0.25) is 19.3 Å². The second-order valence-corrected chi connectivity index (χ2v) is 7.16. The maximum atomic E-state index is 12.6. The number of hydrogen-bond acceptors (Lipinski definition) is 7. The van der Waals surface area contributed by atoms with E-state index in [2.05, 4.69) is 0 Å². The van der Waals surface area contributed by atoms with Gasteiger partial charge in [-0.1, -0.05) is 6.07 Å². The Labute approximate surface area is 160 Å². The van der Waals surface area contributed by atoms with E-state index < -0.39 is 11.1 Å². The number of rotatable bonds is 3. The fourth-order valence-corrected chi connectivity index (χ4v) is 3.82. The zero-order chi connectivity index (χ0) is 18.8. The Morgan fingerprint density at radius 3 is 2.59 bits per heavy atom. The largest absolute Gasteiger partial charge is 0.486 e. The molecular formula is C18H18N2O6S. The summed E-state index contributed by atoms with van der Waals surface area (Å²) in [4.78, 5) is 40.0. The summed E-state index contributed by atoms with van der Waals surface area (Å²) in [5, 5.41) is -0.439. The molecule has 27 heavy (non-hydrogen) atoms. The number of fused-ring (bicyclic) bond motifs is 1. The van der Waals surface area contributed by atoms with Crippen LogP contribution in [0.5, 0.6) is 11.5 Å². The molecule has 9 heteroatoms. The van der Waals surface area contributed by atoms with E-state index in [0.29, 0.717) is 51.0 Å². The van der Waals surface area contributed by atoms with E-state index >= 15 is 0 Å². The van der Waals surface area contributed by atoms with Crippen LogP contribution in [0.3, 0.4) is 0 Å². The Bertz CT molecular complexity index is 818. The highest BCUT2D eigenvalue weighted by atomic mass is 32.2. The molecule has 1 aromatic rings. The Morgan fingerprint density at radius 1 is 1.07 bits per heavy atom. The number of benzene rings is 1. The molecule has 1 aromatic carbocycles. The van der Waals surface area contributed by atoms with Crippen LogP contribution in [0.1, 0.15) is 5.56 Å². The highest BCUT2D eigenvalue weighted by molar-refractivity contribution is 8.18. The molecule has 0 N–H and O–H groups in total. The van der Waals surface area contributed by atoms with Crippen molar-refractivity contribution in [3.05, 3.63) is 28.7 Å². The number of nitrogens with zero attached hydrogens (tertiary/aromatic N) is 2. The molecule has 0 bridgehead atoms. The second kappa shape index (κ2) is 7.61. The van der Waals surface area contributed by atoms with Crippen molar-refractivity contribution in [3.8, 4) is 11.5 Å². The molecule has 8 nitrogen and oxygen atoms in total. The first-order valence-corrected chi connectivity index (χ1v) is 9.44. The van der Waals surface area contributed by atoms with E-state index in [0.717, 1.165) is 22.2 Å². The van der Waals surface area contributed by atoms with E-state index in [1.165, 1.54) is 0 Å². The number of hydrogen-bond donors (Lipinski definition) is 0. The number of thioether (sulfide) groups is 1. The summed E-state index contributed by atoms with van der Waals surface area (Å²) < 4.78 is 16.2. The molecule has 142 valence electrons. The molecule has 0 radical (unpaired) electrons. The Hall–Kier alpha value is -2.52. The number of carbonyl (C=O) groups excluding carboxylic acids is 3. The highest BCUT2D eigenvalue weighted by Crippen LogP contribution is 2.35. The number of morpholine rings is 1. The monoisotopic (exact) mass is 390 g/mol. The van der Waals surface area contributed by atoms with Gasteiger partial charge in [-0.2, -0.15) is 0 Å². The van der Waals surface area contributed by atoms with Gasteiger partial charge in [0.15, 0.2) is 11.5 Å². The van der Waals surface area contributed by atoms with Crippen molar-refractivity contribution in [2.45, 2.75) is 0 Å². The first-order valence-electron chi connectivity index (χ1n) is 8.62. The minimum atomic E-state index is -0.457. The molecule has 3 amide bonds. The van der Waals surface area contributed by atoms with Crippen molar-refractivity contribution in [1.29, 1.82) is 0 Å². The molecule has 0 aliphatic carbocycles. The Morgan fingerprint density at radius 2 is 1.81 bits per heavy atom. The summed E-state index contributed by atoms with van der Waals surface area (Å²) in [5.41, 5.74) is 0.726. The fraction of sp³-hybridized carbons (Fsp3) is 0.389. The Kier molecular flexibility index (Phi) is 5.04. The molecule has 0 unspecified atom stereocenters. The van der Waals surface area contributed by atoms with Gasteiger partial charge in [0.2, 0.25) is 5.91 Å². The van der Waals surface area contributed by atoms with Crippen LogP contribution in [0.2, 0.25) is 0 Å². The van der Waals surface area contributed by atoms with Crippen molar-refractivity contribution >= 4 is 34.9 Å². The molecule has 0 atom stereocenters. The van der Waals surface area contributed by atoms with Gasteiger partial charge in [0.1, 0.15) is 19.8 Å². The number of imide groups is 1. The molecule has 0 spiro atoms. The van der Waals surface area contributed by atoms with Gasteiger partial charge >= 0.3 is 0 Å². The Balaban J connectivity index is 1.47. The highest BCUT2D eigenvalue weighted by Gasteiger charge is 2.37. The van der Waals surface area contributed by atoms with Crippen LogP contribution in [0.25, 0.3) is 6.08 Å². The van der Waals surface area contributed by atoms with E-state index in [4.69, 9.17) is 14.2 Å². The van der Waals surface area contributed by atoms with Crippen molar-refractivity contribution < 1.29 is 28.6 Å². The zero-order valence-electron chi connectivity index (χ0n) is 14.5. The van der Waals surface area contributed by atoms with Crippen molar-refractivity contribution in [1.82, 2.24) is 9.80 Å². The van der Waals surface area contributed by atoms with Crippen LogP contribution in [0.4, 0.5) is 4.79 Å². The fourth-order valence-electron chi connectivity index (χ4n) is 2.99. The lowest BCUT2D eigenvalue weighted by molar-refractivity contribution is -0.139. The third kappa shape index (κ3) is 3.79. The quantitative estimate of drug-likeness (QED) is 0.720. The summed E-state index contributed by atoms with van der Waals surface area (Å²) in [5.74, 6) is 0.557. The molecule has 2 fully saturated rings. The van der Waals surface area contributed by atoms with Gasteiger partial charge in [-0.25, -0.2) is 0 Å². The lowest BCUT2D eigenvalue weighted by Gasteiger charge is -2.28. The lowest BCUT2D eigenvalue weighted by Crippen LogP contribution is -2.46. The van der Waals surface area contributed by atoms with Crippen molar-refractivity contribution in [2.75, 3.05) is 46.1 Å². The molecule has 0 aromatic heterocycles. The number of carbonyl (C=O) groups is 3. The zero-order valence-corrected chi connectivity index (χ0v) is 15.3. The van der Waals surface area contributed by atoms with E-state index in [-0.39, 0.29) is 17.4 Å². The van der Waals surface area contributed by atoms with Crippen LogP contribution < -0.4 is 9.47 Å². The molecule has 3 heterocycles. The summed E-state index contributed by atoms with van der Waals surface area (Å²) in [7, 11) is 0. The van der Waals surface area contributed by atoms with Crippen molar-refractivity contribution in [3.63, 3.8) is 0 Å². The molecule has 2 saturated heterocycles. The summed E-state index contributed by atoms with van der Waals surface area (Å²) in [6, 6.07) is 5.33. The van der Waals surface area contributed by atoms with Crippen LogP contribution in [-0.4, -0.2) is 72.9 Å². The van der Waals surface area contributed by atoms with Gasteiger partial charge in [0.05, 0.1) is 18.1 Å². The normalized spacial score (nSPS) is 21.1. The average molecular weight is 390 g/mol.